The van der Waals surface area contributed by atoms with Gasteiger partial charge in [0.2, 0.25) is 0 Å². The molecule has 2 aliphatic rings. The molecule has 0 aliphatic carbocycles. The molecule has 1 aromatic rings. The van der Waals surface area contributed by atoms with Crippen molar-refractivity contribution in [3.8, 4) is 0 Å². The maximum absolute atomic E-state index is 13.2. The van der Waals surface area contributed by atoms with E-state index in [1.54, 1.807) is 6.07 Å². The first-order valence-corrected chi connectivity index (χ1v) is 8.10. The molecule has 3 rings (SSSR count). The SMILES string of the molecule is Cl.Fc1ccc(C2CN(CC3CCNCC3)CCO2)c(Cl)c1. The zero-order valence-electron chi connectivity index (χ0n) is 12.6. The third-order valence-corrected chi connectivity index (χ3v) is 4.76. The van der Waals surface area contributed by atoms with E-state index < -0.39 is 0 Å². The highest BCUT2D eigenvalue weighted by atomic mass is 35.5. The number of nitrogens with one attached hydrogen (secondary N) is 1. The van der Waals surface area contributed by atoms with E-state index in [9.17, 15) is 4.39 Å². The fourth-order valence-electron chi connectivity index (χ4n) is 3.25. The molecule has 0 saturated carbocycles. The maximum atomic E-state index is 13.2. The lowest BCUT2D eigenvalue weighted by Crippen LogP contribution is -2.43. The van der Waals surface area contributed by atoms with E-state index in [1.165, 1.54) is 25.0 Å². The van der Waals surface area contributed by atoms with Crippen LogP contribution in [-0.4, -0.2) is 44.2 Å². The summed E-state index contributed by atoms with van der Waals surface area (Å²) < 4.78 is 19.0. The molecular weight excluding hydrogens is 326 g/mol. The highest BCUT2D eigenvalue weighted by molar-refractivity contribution is 6.31. The number of halogens is 3. The lowest BCUT2D eigenvalue weighted by atomic mass is 9.97. The fraction of sp³-hybridized carbons (Fsp3) is 0.625. The lowest BCUT2D eigenvalue weighted by molar-refractivity contribution is -0.0356. The summed E-state index contributed by atoms with van der Waals surface area (Å²) >= 11 is 6.16. The lowest BCUT2D eigenvalue weighted by Gasteiger charge is -2.36. The van der Waals surface area contributed by atoms with Gasteiger partial charge in [0.05, 0.1) is 12.7 Å². The molecule has 2 aliphatic heterocycles. The van der Waals surface area contributed by atoms with Crippen LogP contribution in [0.25, 0.3) is 0 Å². The van der Waals surface area contributed by atoms with E-state index in [1.807, 2.05) is 0 Å². The van der Waals surface area contributed by atoms with Gasteiger partial charge in [-0.2, -0.15) is 0 Å². The Bertz CT molecular complexity index is 483. The van der Waals surface area contributed by atoms with Crippen LogP contribution < -0.4 is 5.32 Å². The summed E-state index contributed by atoms with van der Waals surface area (Å²) in [7, 11) is 0. The van der Waals surface area contributed by atoms with E-state index in [-0.39, 0.29) is 24.3 Å². The molecule has 3 nitrogen and oxygen atoms in total. The Kier molecular flexibility index (Phi) is 6.90. The monoisotopic (exact) mass is 348 g/mol. The summed E-state index contributed by atoms with van der Waals surface area (Å²) in [4.78, 5) is 2.46. The van der Waals surface area contributed by atoms with Crippen LogP contribution in [0, 0.1) is 11.7 Å². The van der Waals surface area contributed by atoms with Crippen LogP contribution in [0.2, 0.25) is 5.02 Å². The first-order valence-electron chi connectivity index (χ1n) is 7.72. The van der Waals surface area contributed by atoms with Gasteiger partial charge in [0.15, 0.2) is 0 Å². The van der Waals surface area contributed by atoms with Crippen molar-refractivity contribution in [2.24, 2.45) is 5.92 Å². The minimum Gasteiger partial charge on any atom is -0.371 e. The van der Waals surface area contributed by atoms with Crippen molar-refractivity contribution >= 4 is 24.0 Å². The van der Waals surface area contributed by atoms with Gasteiger partial charge in [0, 0.05) is 30.2 Å². The Hall–Kier alpha value is -0.390. The van der Waals surface area contributed by atoms with Gasteiger partial charge in [-0.05, 0) is 44.0 Å². The largest absolute Gasteiger partial charge is 0.371 e. The molecule has 0 radical (unpaired) electrons. The molecule has 1 atom stereocenters. The van der Waals surface area contributed by atoms with E-state index in [2.05, 4.69) is 10.2 Å². The number of benzene rings is 1. The second kappa shape index (κ2) is 8.46. The Morgan fingerprint density at radius 3 is 2.82 bits per heavy atom. The van der Waals surface area contributed by atoms with Gasteiger partial charge in [-0.3, -0.25) is 4.90 Å². The number of morpholine rings is 1. The second-order valence-corrected chi connectivity index (χ2v) is 6.39. The van der Waals surface area contributed by atoms with Crippen molar-refractivity contribution in [3.63, 3.8) is 0 Å². The van der Waals surface area contributed by atoms with Gasteiger partial charge < -0.3 is 10.1 Å². The van der Waals surface area contributed by atoms with Crippen LogP contribution in [0.5, 0.6) is 0 Å². The Morgan fingerprint density at radius 2 is 2.09 bits per heavy atom. The fourth-order valence-corrected chi connectivity index (χ4v) is 3.54. The number of nitrogens with zero attached hydrogens (tertiary/aromatic N) is 1. The van der Waals surface area contributed by atoms with Gasteiger partial charge in [-0.15, -0.1) is 12.4 Å². The summed E-state index contributed by atoms with van der Waals surface area (Å²) in [5.74, 6) is 0.472. The predicted molar refractivity (Wildman–Crippen MR) is 89.4 cm³/mol. The van der Waals surface area contributed by atoms with Crippen molar-refractivity contribution < 1.29 is 9.13 Å². The van der Waals surface area contributed by atoms with E-state index in [0.717, 1.165) is 44.2 Å². The average Bonchev–Trinajstić information content (AvgIpc) is 2.48. The summed E-state index contributed by atoms with van der Waals surface area (Å²) in [6, 6.07) is 4.57. The zero-order valence-corrected chi connectivity index (χ0v) is 14.1. The zero-order chi connectivity index (χ0) is 14.7. The molecule has 6 heteroatoms. The molecule has 2 heterocycles. The number of ether oxygens (including phenoxy) is 1. The minimum atomic E-state index is -0.300. The molecule has 0 amide bonds. The van der Waals surface area contributed by atoms with Crippen LogP contribution in [0.1, 0.15) is 24.5 Å². The number of hydrogen-bond donors (Lipinski definition) is 1. The van der Waals surface area contributed by atoms with Crippen LogP contribution in [0.4, 0.5) is 4.39 Å². The molecule has 0 aromatic heterocycles. The predicted octanol–water partition coefficient (Wildman–Crippen LogP) is 3.27. The van der Waals surface area contributed by atoms with Crippen molar-refractivity contribution in [3.05, 3.63) is 34.6 Å². The van der Waals surface area contributed by atoms with E-state index in [4.69, 9.17) is 16.3 Å². The molecule has 22 heavy (non-hydrogen) atoms. The van der Waals surface area contributed by atoms with Crippen molar-refractivity contribution in [2.45, 2.75) is 18.9 Å². The topological polar surface area (TPSA) is 24.5 Å². The van der Waals surface area contributed by atoms with E-state index in [0.29, 0.717) is 11.6 Å². The Balaban J connectivity index is 0.00000176. The highest BCUT2D eigenvalue weighted by Gasteiger charge is 2.26. The molecule has 0 bridgehead atoms. The summed E-state index contributed by atoms with van der Waals surface area (Å²) in [6.07, 6.45) is 2.45. The van der Waals surface area contributed by atoms with Gasteiger partial charge in [0.1, 0.15) is 5.82 Å². The number of piperidine rings is 1. The van der Waals surface area contributed by atoms with E-state index >= 15 is 0 Å². The third-order valence-electron chi connectivity index (χ3n) is 4.44. The first kappa shape index (κ1) is 18.0. The Morgan fingerprint density at radius 1 is 1.32 bits per heavy atom. The summed E-state index contributed by atoms with van der Waals surface area (Å²) in [5.41, 5.74) is 0.896. The van der Waals surface area contributed by atoms with Crippen LogP contribution in [0.3, 0.4) is 0 Å². The normalized spacial score (nSPS) is 24.0. The molecule has 1 N–H and O–H groups in total. The van der Waals surface area contributed by atoms with Crippen molar-refractivity contribution in [1.82, 2.24) is 10.2 Å². The van der Waals surface area contributed by atoms with Crippen LogP contribution >= 0.6 is 24.0 Å². The minimum absolute atomic E-state index is 0. The van der Waals surface area contributed by atoms with Gasteiger partial charge in [0.25, 0.3) is 0 Å². The molecular formula is C16H23Cl2FN2O. The molecule has 1 aromatic carbocycles. The summed E-state index contributed by atoms with van der Waals surface area (Å²) in [6.45, 7) is 5.91. The molecule has 1 unspecified atom stereocenters. The average molecular weight is 349 g/mol. The van der Waals surface area contributed by atoms with Gasteiger partial charge >= 0.3 is 0 Å². The molecule has 2 saturated heterocycles. The number of hydrogen-bond acceptors (Lipinski definition) is 3. The Labute approximate surface area is 142 Å². The maximum Gasteiger partial charge on any atom is 0.124 e. The van der Waals surface area contributed by atoms with Crippen molar-refractivity contribution in [1.29, 1.82) is 0 Å². The summed E-state index contributed by atoms with van der Waals surface area (Å²) in [5, 5.41) is 3.86. The quantitative estimate of drug-likeness (QED) is 0.907. The second-order valence-electron chi connectivity index (χ2n) is 5.98. The van der Waals surface area contributed by atoms with Crippen molar-refractivity contribution in [2.75, 3.05) is 39.3 Å². The van der Waals surface area contributed by atoms with Gasteiger partial charge in [-0.1, -0.05) is 17.7 Å². The standard InChI is InChI=1S/C16H22ClFN2O.ClH/c17-15-9-13(18)1-2-14(15)16-11-20(7-8-21-16)10-12-3-5-19-6-4-12;/h1-2,9,12,16,19H,3-8,10-11H2;1H. The van der Waals surface area contributed by atoms with Gasteiger partial charge in [-0.25, -0.2) is 4.39 Å². The molecule has 0 spiro atoms. The number of rotatable bonds is 3. The smallest absolute Gasteiger partial charge is 0.124 e. The van der Waals surface area contributed by atoms with Crippen LogP contribution in [0.15, 0.2) is 18.2 Å². The molecule has 2 fully saturated rings. The first-order chi connectivity index (χ1) is 10.2. The highest BCUT2D eigenvalue weighted by Crippen LogP contribution is 2.29. The third kappa shape index (κ3) is 4.56. The van der Waals surface area contributed by atoms with Crippen LogP contribution in [-0.2, 0) is 4.74 Å². The molecule has 124 valence electrons.